The van der Waals surface area contributed by atoms with Crippen molar-refractivity contribution >= 4 is 25.8 Å². The number of carbonyl (C=O) groups excluding carboxylic acids is 1. The van der Waals surface area contributed by atoms with Crippen LogP contribution < -0.4 is 14.8 Å². The number of hydrogen-bond acceptors (Lipinski definition) is 6. The van der Waals surface area contributed by atoms with E-state index in [9.17, 15) is 21.6 Å². The number of benzene rings is 2. The van der Waals surface area contributed by atoms with E-state index in [2.05, 4.69) is 10.0 Å². The van der Waals surface area contributed by atoms with E-state index in [1.165, 1.54) is 19.2 Å². The molecule has 0 unspecified atom stereocenters. The van der Waals surface area contributed by atoms with E-state index in [0.29, 0.717) is 37.3 Å². The molecule has 0 aliphatic heterocycles. The fourth-order valence-electron chi connectivity index (χ4n) is 2.54. The number of nitrogens with one attached hydrogen (secondary N) is 2. The summed E-state index contributed by atoms with van der Waals surface area (Å²) in [5, 5.41) is 2.81. The Balaban J connectivity index is 1.69. The summed E-state index contributed by atoms with van der Waals surface area (Å²) in [6, 6.07) is 13.1. The molecule has 2 aromatic rings. The monoisotopic (exact) mass is 454 g/mol. The average molecular weight is 455 g/mol. The molecule has 0 aliphatic carbocycles. The molecule has 8 nitrogen and oxygen atoms in total. The van der Waals surface area contributed by atoms with Gasteiger partial charge in [0.25, 0.3) is 0 Å². The van der Waals surface area contributed by atoms with Crippen LogP contribution in [0.4, 0.5) is 0 Å². The normalized spacial score (nSPS) is 11.8. The lowest BCUT2D eigenvalue weighted by Gasteiger charge is -2.08. The Bertz CT molecular complexity index is 1050. The van der Waals surface area contributed by atoms with Gasteiger partial charge in [0.1, 0.15) is 5.75 Å². The molecule has 0 atom stereocenters. The molecular weight excluding hydrogens is 428 g/mol. The van der Waals surface area contributed by atoms with Gasteiger partial charge in [0, 0.05) is 19.2 Å². The van der Waals surface area contributed by atoms with E-state index in [4.69, 9.17) is 4.74 Å². The van der Waals surface area contributed by atoms with Crippen LogP contribution in [-0.4, -0.2) is 42.7 Å². The van der Waals surface area contributed by atoms with Crippen molar-refractivity contribution in [1.82, 2.24) is 10.0 Å². The fraction of sp³-hybridized carbons (Fsp3) is 0.350. The van der Waals surface area contributed by atoms with Crippen molar-refractivity contribution in [3.05, 3.63) is 59.7 Å². The first-order chi connectivity index (χ1) is 14.1. The van der Waals surface area contributed by atoms with Gasteiger partial charge in [0.2, 0.25) is 15.9 Å². The predicted octanol–water partition coefficient (Wildman–Crippen LogP) is 1.61. The molecule has 30 heavy (non-hydrogen) atoms. The third kappa shape index (κ3) is 8.13. The van der Waals surface area contributed by atoms with Crippen LogP contribution in [0.1, 0.15) is 24.0 Å². The Hall–Kier alpha value is -2.43. The molecule has 0 spiro atoms. The van der Waals surface area contributed by atoms with E-state index >= 15 is 0 Å². The van der Waals surface area contributed by atoms with Crippen LogP contribution in [-0.2, 0) is 37.0 Å². The lowest BCUT2D eigenvalue weighted by molar-refractivity contribution is -0.121. The molecule has 10 heteroatoms. The first-order valence-electron chi connectivity index (χ1n) is 9.28. The van der Waals surface area contributed by atoms with Gasteiger partial charge in [-0.15, -0.1) is 0 Å². The van der Waals surface area contributed by atoms with Crippen molar-refractivity contribution in [2.75, 3.05) is 19.9 Å². The number of hydrogen-bond donors (Lipinski definition) is 2. The average Bonchev–Trinajstić information content (AvgIpc) is 2.70. The van der Waals surface area contributed by atoms with Crippen molar-refractivity contribution in [3.8, 4) is 5.75 Å². The van der Waals surface area contributed by atoms with Crippen LogP contribution in [0.3, 0.4) is 0 Å². The summed E-state index contributed by atoms with van der Waals surface area (Å²) in [6.45, 7) is 0.686. The Morgan fingerprint density at radius 2 is 1.53 bits per heavy atom. The maximum Gasteiger partial charge on any atom is 0.220 e. The van der Waals surface area contributed by atoms with Crippen LogP contribution in [0.25, 0.3) is 0 Å². The molecular formula is C20H26N2O6S2. The molecule has 0 aromatic heterocycles. The van der Waals surface area contributed by atoms with Gasteiger partial charge in [-0.25, -0.2) is 21.6 Å². The van der Waals surface area contributed by atoms with Crippen molar-refractivity contribution < 1.29 is 26.4 Å². The number of rotatable bonds is 11. The summed E-state index contributed by atoms with van der Waals surface area (Å²) in [7, 11) is -5.17. The van der Waals surface area contributed by atoms with Gasteiger partial charge in [0.15, 0.2) is 9.84 Å². The Morgan fingerprint density at radius 1 is 0.933 bits per heavy atom. The Labute approximate surface area is 177 Å². The maximum absolute atomic E-state index is 12.0. The van der Waals surface area contributed by atoms with Crippen LogP contribution in [0.2, 0.25) is 0 Å². The minimum absolute atomic E-state index is 0.0902. The van der Waals surface area contributed by atoms with E-state index < -0.39 is 19.9 Å². The van der Waals surface area contributed by atoms with Gasteiger partial charge in [-0.2, -0.15) is 0 Å². The lowest BCUT2D eigenvalue weighted by atomic mass is 10.1. The Kier molecular flexibility index (Phi) is 8.39. The molecule has 1 amide bonds. The van der Waals surface area contributed by atoms with Crippen LogP contribution in [0.5, 0.6) is 5.75 Å². The summed E-state index contributed by atoms with van der Waals surface area (Å²) in [4.78, 5) is 12.2. The zero-order chi connectivity index (χ0) is 22.2. The lowest BCUT2D eigenvalue weighted by Crippen LogP contribution is -2.23. The molecule has 164 valence electrons. The first-order valence-corrected chi connectivity index (χ1v) is 12.8. The van der Waals surface area contributed by atoms with Gasteiger partial charge in [-0.05, 0) is 48.9 Å². The second-order valence-electron chi connectivity index (χ2n) is 6.75. The van der Waals surface area contributed by atoms with Crippen molar-refractivity contribution in [3.63, 3.8) is 0 Å². The van der Waals surface area contributed by atoms with Gasteiger partial charge in [-0.3, -0.25) is 4.79 Å². The van der Waals surface area contributed by atoms with E-state index in [1.807, 2.05) is 0 Å². The van der Waals surface area contributed by atoms with Crippen LogP contribution in [0.15, 0.2) is 53.4 Å². The fourth-order valence-corrected chi connectivity index (χ4v) is 3.95. The molecule has 0 bridgehead atoms. The van der Waals surface area contributed by atoms with E-state index in [0.717, 1.165) is 11.8 Å². The zero-order valence-corrected chi connectivity index (χ0v) is 18.6. The van der Waals surface area contributed by atoms with E-state index in [1.54, 1.807) is 36.4 Å². The molecule has 0 aliphatic rings. The summed E-state index contributed by atoms with van der Waals surface area (Å²) < 4.78 is 53.7. The summed E-state index contributed by atoms with van der Waals surface area (Å²) >= 11 is 0. The largest absolute Gasteiger partial charge is 0.494 e. The third-order valence-electron chi connectivity index (χ3n) is 4.25. The zero-order valence-electron chi connectivity index (χ0n) is 16.9. The number of sulfonamides is 1. The molecule has 0 radical (unpaired) electrons. The molecule has 0 saturated heterocycles. The second kappa shape index (κ2) is 10.6. The van der Waals surface area contributed by atoms with Gasteiger partial charge in [0.05, 0.1) is 17.3 Å². The van der Waals surface area contributed by atoms with Gasteiger partial charge >= 0.3 is 0 Å². The SMILES string of the molecule is CNS(=O)(=O)Cc1ccc(CNC(=O)CCCOc2ccc(S(C)(=O)=O)cc2)cc1. The van der Waals surface area contributed by atoms with Crippen LogP contribution >= 0.6 is 0 Å². The summed E-state index contributed by atoms with van der Waals surface area (Å²) in [5.41, 5.74) is 1.54. The second-order valence-corrected chi connectivity index (χ2v) is 10.7. The quantitative estimate of drug-likeness (QED) is 0.498. The van der Waals surface area contributed by atoms with Crippen LogP contribution in [0, 0.1) is 0 Å². The first kappa shape index (κ1) is 23.8. The van der Waals surface area contributed by atoms with Crippen molar-refractivity contribution in [1.29, 1.82) is 0 Å². The van der Waals surface area contributed by atoms with E-state index in [-0.39, 0.29) is 16.6 Å². The molecule has 2 aromatic carbocycles. The highest BCUT2D eigenvalue weighted by atomic mass is 32.2. The smallest absolute Gasteiger partial charge is 0.220 e. The highest BCUT2D eigenvalue weighted by Gasteiger charge is 2.09. The molecule has 2 rings (SSSR count). The molecule has 0 heterocycles. The maximum atomic E-state index is 12.0. The van der Waals surface area contributed by atoms with Gasteiger partial charge in [-0.1, -0.05) is 24.3 Å². The number of sulfone groups is 1. The number of amides is 1. The Morgan fingerprint density at radius 3 is 2.10 bits per heavy atom. The van der Waals surface area contributed by atoms with Gasteiger partial charge < -0.3 is 10.1 Å². The highest BCUT2D eigenvalue weighted by molar-refractivity contribution is 7.90. The minimum atomic E-state index is -3.31. The minimum Gasteiger partial charge on any atom is -0.494 e. The number of ether oxygens (including phenoxy) is 1. The summed E-state index contributed by atoms with van der Waals surface area (Å²) in [5.74, 6) is 0.337. The molecule has 0 saturated carbocycles. The number of carbonyl (C=O) groups is 1. The third-order valence-corrected chi connectivity index (χ3v) is 6.71. The van der Waals surface area contributed by atoms with Crippen molar-refractivity contribution in [2.24, 2.45) is 0 Å². The molecule has 0 fully saturated rings. The highest BCUT2D eigenvalue weighted by Crippen LogP contribution is 2.16. The van der Waals surface area contributed by atoms with Crippen molar-refractivity contribution in [2.45, 2.75) is 30.0 Å². The topological polar surface area (TPSA) is 119 Å². The standard InChI is InChI=1S/C20H26N2O6S2/c1-21-30(26,27)15-17-7-5-16(6-8-17)14-22-20(23)4-3-13-28-18-9-11-19(12-10-18)29(2,24)25/h5-12,21H,3-4,13-15H2,1-2H3,(H,22,23). The predicted molar refractivity (Wildman–Crippen MR) is 114 cm³/mol. The summed E-state index contributed by atoms with van der Waals surface area (Å²) in [6.07, 6.45) is 1.95. The molecule has 2 N–H and O–H groups in total.